The lowest BCUT2D eigenvalue weighted by Crippen LogP contribution is -2.16. The van der Waals surface area contributed by atoms with Crippen LogP contribution in [-0.4, -0.2) is 21.1 Å². The first-order valence-electron chi connectivity index (χ1n) is 5.51. The Bertz CT molecular complexity index is 644. The van der Waals surface area contributed by atoms with Gasteiger partial charge in [0.05, 0.1) is 22.0 Å². The molecule has 0 bridgehead atoms. The van der Waals surface area contributed by atoms with Crippen LogP contribution >= 0.6 is 11.6 Å². The lowest BCUT2D eigenvalue weighted by Gasteiger charge is -2.06. The minimum absolute atomic E-state index is 0.131. The zero-order valence-electron chi connectivity index (χ0n) is 10.4. The molecule has 0 aliphatic heterocycles. The van der Waals surface area contributed by atoms with Gasteiger partial charge in [-0.15, -0.1) is 5.10 Å². The molecule has 7 heteroatoms. The molecule has 1 aromatic carbocycles. The van der Waals surface area contributed by atoms with Crippen molar-refractivity contribution in [2.45, 2.75) is 13.8 Å². The third-order valence-corrected chi connectivity index (χ3v) is 2.88. The molecular formula is C12H12ClN5O. The number of carbonyl (C=O) groups is 1. The number of halogens is 1. The quantitative estimate of drug-likeness (QED) is 0.819. The van der Waals surface area contributed by atoms with E-state index in [0.29, 0.717) is 22.1 Å². The van der Waals surface area contributed by atoms with Crippen LogP contribution in [0.2, 0.25) is 5.02 Å². The van der Waals surface area contributed by atoms with Crippen molar-refractivity contribution < 1.29 is 4.79 Å². The van der Waals surface area contributed by atoms with Crippen molar-refractivity contribution in [3.8, 4) is 0 Å². The number of rotatable bonds is 2. The van der Waals surface area contributed by atoms with Gasteiger partial charge in [0.15, 0.2) is 0 Å². The lowest BCUT2D eigenvalue weighted by molar-refractivity contribution is 0.102. The van der Waals surface area contributed by atoms with E-state index in [1.807, 2.05) is 0 Å². The monoisotopic (exact) mass is 277 g/mol. The lowest BCUT2D eigenvalue weighted by atomic mass is 10.2. The highest BCUT2D eigenvalue weighted by atomic mass is 35.5. The summed E-state index contributed by atoms with van der Waals surface area (Å²) >= 11 is 5.94. The minimum atomic E-state index is -0.428. The molecule has 6 nitrogen and oxygen atoms in total. The smallest absolute Gasteiger partial charge is 0.259 e. The van der Waals surface area contributed by atoms with E-state index >= 15 is 0 Å². The van der Waals surface area contributed by atoms with Gasteiger partial charge in [-0.3, -0.25) is 10.1 Å². The number of nitrogens with one attached hydrogen (secondary N) is 1. The summed E-state index contributed by atoms with van der Waals surface area (Å²) in [6.45, 7) is 3.57. The molecular weight excluding hydrogens is 266 g/mol. The second-order valence-electron chi connectivity index (χ2n) is 4.00. The van der Waals surface area contributed by atoms with Gasteiger partial charge in [0, 0.05) is 5.69 Å². The van der Waals surface area contributed by atoms with Crippen LogP contribution in [0.15, 0.2) is 18.2 Å². The van der Waals surface area contributed by atoms with Gasteiger partial charge in [-0.1, -0.05) is 11.6 Å². The van der Waals surface area contributed by atoms with E-state index in [4.69, 9.17) is 17.3 Å². The van der Waals surface area contributed by atoms with Crippen LogP contribution in [0.1, 0.15) is 21.7 Å². The number of aryl methyl sites for hydroxylation is 2. The van der Waals surface area contributed by atoms with Gasteiger partial charge in [-0.2, -0.15) is 5.10 Å². The van der Waals surface area contributed by atoms with Crippen LogP contribution in [0.3, 0.4) is 0 Å². The molecule has 3 N–H and O–H groups in total. The van der Waals surface area contributed by atoms with E-state index in [2.05, 4.69) is 20.5 Å². The fourth-order valence-corrected chi connectivity index (χ4v) is 1.60. The molecule has 2 rings (SSSR count). The number of carbonyl (C=O) groups excluding carboxylic acids is 1. The standard InChI is InChI=1S/C12H12ClN5O/c1-6-7(2)17-18-12(15-6)16-11(19)9-5-8(14)3-4-10(9)13/h3-5H,14H2,1-2H3,(H,15,16,18,19). The number of nitrogens with zero attached hydrogens (tertiary/aromatic N) is 3. The number of amides is 1. The van der Waals surface area contributed by atoms with Gasteiger partial charge < -0.3 is 5.73 Å². The van der Waals surface area contributed by atoms with E-state index in [1.165, 1.54) is 6.07 Å². The van der Waals surface area contributed by atoms with Crippen LogP contribution in [-0.2, 0) is 0 Å². The van der Waals surface area contributed by atoms with Crippen molar-refractivity contribution in [1.29, 1.82) is 0 Å². The van der Waals surface area contributed by atoms with Gasteiger partial charge in [0.1, 0.15) is 0 Å². The molecule has 1 aromatic heterocycles. The third-order valence-electron chi connectivity index (χ3n) is 2.55. The predicted molar refractivity (Wildman–Crippen MR) is 73.1 cm³/mol. The first kappa shape index (κ1) is 13.2. The molecule has 0 unspecified atom stereocenters. The summed E-state index contributed by atoms with van der Waals surface area (Å²) in [6.07, 6.45) is 0. The number of hydrogen-bond donors (Lipinski definition) is 2. The van der Waals surface area contributed by atoms with Crippen molar-refractivity contribution in [3.63, 3.8) is 0 Å². The van der Waals surface area contributed by atoms with E-state index in [0.717, 1.165) is 0 Å². The molecule has 0 radical (unpaired) electrons. The van der Waals surface area contributed by atoms with Crippen LogP contribution in [0, 0.1) is 13.8 Å². The Morgan fingerprint density at radius 2 is 2.00 bits per heavy atom. The molecule has 1 heterocycles. The van der Waals surface area contributed by atoms with E-state index in [9.17, 15) is 4.79 Å². The molecule has 98 valence electrons. The summed E-state index contributed by atoms with van der Waals surface area (Å²) in [5.41, 5.74) is 7.75. The highest BCUT2D eigenvalue weighted by Crippen LogP contribution is 2.19. The molecule has 0 spiro atoms. The first-order chi connectivity index (χ1) is 8.97. The summed E-state index contributed by atoms with van der Waals surface area (Å²) < 4.78 is 0. The van der Waals surface area contributed by atoms with Crippen molar-refractivity contribution in [3.05, 3.63) is 40.2 Å². The van der Waals surface area contributed by atoms with Gasteiger partial charge in [0.2, 0.25) is 5.95 Å². The molecule has 2 aromatic rings. The Kier molecular flexibility index (Phi) is 3.62. The van der Waals surface area contributed by atoms with Crippen LogP contribution in [0.5, 0.6) is 0 Å². The Labute approximate surface area is 115 Å². The minimum Gasteiger partial charge on any atom is -0.399 e. The van der Waals surface area contributed by atoms with Crippen LogP contribution in [0.4, 0.5) is 11.6 Å². The van der Waals surface area contributed by atoms with Gasteiger partial charge in [0.25, 0.3) is 5.91 Å². The highest BCUT2D eigenvalue weighted by Gasteiger charge is 2.13. The van der Waals surface area contributed by atoms with Crippen LogP contribution < -0.4 is 11.1 Å². The summed E-state index contributed by atoms with van der Waals surface area (Å²) in [7, 11) is 0. The summed E-state index contributed by atoms with van der Waals surface area (Å²) in [5, 5.41) is 10.5. The van der Waals surface area contributed by atoms with E-state index in [-0.39, 0.29) is 11.5 Å². The number of benzene rings is 1. The molecule has 0 fully saturated rings. The highest BCUT2D eigenvalue weighted by molar-refractivity contribution is 6.34. The maximum Gasteiger partial charge on any atom is 0.259 e. The summed E-state index contributed by atoms with van der Waals surface area (Å²) in [6, 6.07) is 4.67. The average molecular weight is 278 g/mol. The average Bonchev–Trinajstić information content (AvgIpc) is 2.36. The van der Waals surface area contributed by atoms with Crippen molar-refractivity contribution in [2.24, 2.45) is 0 Å². The number of nitrogen functional groups attached to an aromatic ring is 1. The fourth-order valence-electron chi connectivity index (χ4n) is 1.40. The maximum atomic E-state index is 12.0. The Morgan fingerprint density at radius 3 is 2.68 bits per heavy atom. The molecule has 0 saturated carbocycles. The van der Waals surface area contributed by atoms with Gasteiger partial charge in [-0.05, 0) is 32.0 Å². The molecule has 0 aliphatic rings. The maximum absolute atomic E-state index is 12.0. The van der Waals surface area contributed by atoms with E-state index in [1.54, 1.807) is 26.0 Å². The summed E-state index contributed by atoms with van der Waals surface area (Å²) in [4.78, 5) is 16.1. The Balaban J connectivity index is 2.25. The Morgan fingerprint density at radius 1 is 1.26 bits per heavy atom. The van der Waals surface area contributed by atoms with Gasteiger partial charge in [-0.25, -0.2) is 4.98 Å². The zero-order valence-corrected chi connectivity index (χ0v) is 11.2. The largest absolute Gasteiger partial charge is 0.399 e. The van der Waals surface area contributed by atoms with Crippen molar-refractivity contribution >= 4 is 29.1 Å². The fraction of sp³-hybridized carbons (Fsp3) is 0.167. The molecule has 0 saturated heterocycles. The van der Waals surface area contributed by atoms with Gasteiger partial charge >= 0.3 is 0 Å². The third kappa shape index (κ3) is 2.97. The second-order valence-corrected chi connectivity index (χ2v) is 4.41. The Hall–Kier alpha value is -2.21. The van der Waals surface area contributed by atoms with Crippen molar-refractivity contribution in [1.82, 2.24) is 15.2 Å². The predicted octanol–water partition coefficient (Wildman–Crippen LogP) is 1.98. The topological polar surface area (TPSA) is 93.8 Å². The van der Waals surface area contributed by atoms with Crippen LogP contribution in [0.25, 0.3) is 0 Å². The molecule has 19 heavy (non-hydrogen) atoms. The number of hydrogen-bond acceptors (Lipinski definition) is 5. The van der Waals surface area contributed by atoms with Crippen molar-refractivity contribution in [2.75, 3.05) is 11.1 Å². The SMILES string of the molecule is Cc1nnc(NC(=O)c2cc(N)ccc2Cl)nc1C. The second kappa shape index (κ2) is 5.19. The molecule has 0 aliphatic carbocycles. The first-order valence-corrected chi connectivity index (χ1v) is 5.89. The number of nitrogens with two attached hydrogens (primary N) is 1. The summed E-state index contributed by atoms with van der Waals surface area (Å²) in [5.74, 6) is -0.297. The normalized spacial score (nSPS) is 10.3. The van der Waals surface area contributed by atoms with E-state index < -0.39 is 5.91 Å². The molecule has 1 amide bonds. The number of aromatic nitrogens is 3. The number of anilines is 2. The zero-order chi connectivity index (χ0) is 14.0. The molecule has 0 atom stereocenters.